The molecule has 2 aromatic rings. The molecule has 3 rings (SSSR count). The first kappa shape index (κ1) is 15.3. The second kappa shape index (κ2) is 7.58. The molecule has 0 saturated carbocycles. The fraction of sp³-hybridized carbons (Fsp3) is 0.529. The summed E-state index contributed by atoms with van der Waals surface area (Å²) in [6.07, 6.45) is 10.7. The Morgan fingerprint density at radius 2 is 2.41 bits per heavy atom. The first-order valence-electron chi connectivity index (χ1n) is 8.07. The molecular weight excluding hydrogens is 294 g/mol. The average molecular weight is 317 g/mol. The molecule has 0 radical (unpaired) electrons. The Bertz CT molecular complexity index is 565. The van der Waals surface area contributed by atoms with E-state index in [1.54, 1.807) is 11.3 Å². The normalized spacial score (nSPS) is 18.5. The highest BCUT2D eigenvalue weighted by molar-refractivity contribution is 7.09. The Balaban J connectivity index is 1.43. The molecule has 0 bridgehead atoms. The number of hydrogen-bond donors (Lipinski definition) is 0. The van der Waals surface area contributed by atoms with Crippen LogP contribution >= 0.6 is 11.3 Å². The predicted octanol–water partition coefficient (Wildman–Crippen LogP) is 3.21. The van der Waals surface area contributed by atoms with Gasteiger partial charge in [-0.25, -0.2) is 4.98 Å². The molecule has 0 N–H and O–H groups in total. The van der Waals surface area contributed by atoms with E-state index in [1.807, 2.05) is 18.7 Å². The lowest BCUT2D eigenvalue weighted by Gasteiger charge is -2.33. The van der Waals surface area contributed by atoms with Gasteiger partial charge < -0.3 is 9.47 Å². The van der Waals surface area contributed by atoms with Crippen molar-refractivity contribution in [2.75, 3.05) is 13.1 Å². The summed E-state index contributed by atoms with van der Waals surface area (Å²) in [5.41, 5.74) is 0. The molecule has 1 atom stereocenters. The van der Waals surface area contributed by atoms with Gasteiger partial charge in [-0.2, -0.15) is 0 Å². The number of aryl methyl sites for hydroxylation is 1. The smallest absolute Gasteiger partial charge is 0.222 e. The van der Waals surface area contributed by atoms with Crippen molar-refractivity contribution in [1.82, 2.24) is 14.5 Å². The Morgan fingerprint density at radius 3 is 3.18 bits per heavy atom. The summed E-state index contributed by atoms with van der Waals surface area (Å²) in [7, 11) is 0. The quantitative estimate of drug-likeness (QED) is 0.820. The second-order valence-electron chi connectivity index (χ2n) is 6.04. The van der Waals surface area contributed by atoms with Gasteiger partial charge in [-0.3, -0.25) is 4.79 Å². The number of amides is 1. The van der Waals surface area contributed by atoms with Crippen LogP contribution < -0.4 is 0 Å². The molecule has 2 aromatic heterocycles. The highest BCUT2D eigenvalue weighted by atomic mass is 32.1. The third-order valence-corrected chi connectivity index (χ3v) is 5.23. The van der Waals surface area contributed by atoms with Crippen LogP contribution in [0, 0.1) is 5.92 Å². The zero-order valence-corrected chi connectivity index (χ0v) is 13.7. The summed E-state index contributed by atoms with van der Waals surface area (Å²) in [5, 5.41) is 2.10. The highest BCUT2D eigenvalue weighted by Crippen LogP contribution is 2.20. The first-order valence-corrected chi connectivity index (χ1v) is 8.95. The van der Waals surface area contributed by atoms with Gasteiger partial charge in [-0.15, -0.1) is 11.3 Å². The van der Waals surface area contributed by atoms with E-state index in [0.717, 1.165) is 38.9 Å². The summed E-state index contributed by atoms with van der Waals surface area (Å²) < 4.78 is 2.12. The van der Waals surface area contributed by atoms with Crippen LogP contribution in [0.15, 0.2) is 36.2 Å². The Morgan fingerprint density at radius 1 is 1.45 bits per heavy atom. The molecule has 0 spiro atoms. The molecule has 3 heterocycles. The molecule has 1 aliphatic rings. The zero-order chi connectivity index (χ0) is 15.2. The maximum absolute atomic E-state index is 12.4. The molecule has 0 unspecified atom stereocenters. The van der Waals surface area contributed by atoms with Crippen molar-refractivity contribution in [3.63, 3.8) is 0 Å². The predicted molar refractivity (Wildman–Crippen MR) is 88.8 cm³/mol. The number of likely N-dealkylation sites (tertiary alicyclic amines) is 1. The molecule has 118 valence electrons. The summed E-state index contributed by atoms with van der Waals surface area (Å²) in [4.78, 5) is 19.9. The number of imidazole rings is 1. The van der Waals surface area contributed by atoms with E-state index in [1.165, 1.54) is 11.3 Å². The average Bonchev–Trinajstić information content (AvgIpc) is 3.21. The van der Waals surface area contributed by atoms with Crippen molar-refractivity contribution in [2.24, 2.45) is 5.92 Å². The third-order valence-electron chi connectivity index (χ3n) is 4.29. The lowest BCUT2D eigenvalue weighted by Crippen LogP contribution is -2.41. The number of aromatic nitrogens is 2. The third kappa shape index (κ3) is 4.19. The van der Waals surface area contributed by atoms with Crippen LogP contribution in [0.3, 0.4) is 0 Å². The standard InChI is InChI=1S/C17H23N3OS/c21-17(7-1-5-16-6-3-11-22-16)20-9-2-4-15(13-20)12-19-10-8-18-14-19/h3,6,8,10-11,14-15H,1-2,4-5,7,9,12-13H2/t15-/m1/s1. The molecule has 1 saturated heterocycles. The number of carbonyl (C=O) groups is 1. The SMILES string of the molecule is O=C(CCCc1cccs1)N1CCC[C@H](Cn2ccnc2)C1. The first-order chi connectivity index (χ1) is 10.8. The molecule has 1 fully saturated rings. The van der Waals surface area contributed by atoms with Crippen molar-refractivity contribution < 1.29 is 4.79 Å². The number of rotatable bonds is 6. The lowest BCUT2D eigenvalue weighted by atomic mass is 9.97. The maximum atomic E-state index is 12.4. The van der Waals surface area contributed by atoms with Crippen molar-refractivity contribution >= 4 is 17.2 Å². The molecule has 0 aromatic carbocycles. The van der Waals surface area contributed by atoms with Crippen LogP contribution in [-0.2, 0) is 17.8 Å². The zero-order valence-electron chi connectivity index (χ0n) is 12.9. The number of hydrogen-bond acceptors (Lipinski definition) is 3. The molecule has 0 aliphatic carbocycles. The largest absolute Gasteiger partial charge is 0.342 e. The summed E-state index contributed by atoms with van der Waals surface area (Å²) in [6.45, 7) is 2.80. The van der Waals surface area contributed by atoms with Crippen LogP contribution in [-0.4, -0.2) is 33.4 Å². The van der Waals surface area contributed by atoms with E-state index in [2.05, 4.69) is 32.0 Å². The number of carbonyl (C=O) groups excluding carboxylic acids is 1. The summed E-state index contributed by atoms with van der Waals surface area (Å²) >= 11 is 1.78. The minimum atomic E-state index is 0.326. The van der Waals surface area contributed by atoms with Crippen LogP contribution in [0.2, 0.25) is 0 Å². The van der Waals surface area contributed by atoms with Crippen LogP contribution in [0.25, 0.3) is 0 Å². The monoisotopic (exact) mass is 317 g/mol. The molecule has 5 heteroatoms. The van der Waals surface area contributed by atoms with Crippen LogP contribution in [0.5, 0.6) is 0 Å². The topological polar surface area (TPSA) is 38.1 Å². The minimum absolute atomic E-state index is 0.326. The van der Waals surface area contributed by atoms with Gasteiger partial charge in [-0.05, 0) is 43.0 Å². The second-order valence-corrected chi connectivity index (χ2v) is 7.07. The molecule has 4 nitrogen and oxygen atoms in total. The van der Waals surface area contributed by atoms with Crippen LogP contribution in [0.1, 0.15) is 30.6 Å². The Labute approximate surface area is 135 Å². The van der Waals surface area contributed by atoms with Crippen molar-refractivity contribution in [3.8, 4) is 0 Å². The van der Waals surface area contributed by atoms with Crippen molar-refractivity contribution in [2.45, 2.75) is 38.6 Å². The van der Waals surface area contributed by atoms with Gasteiger partial charge in [0.25, 0.3) is 0 Å². The van der Waals surface area contributed by atoms with Gasteiger partial charge in [0.1, 0.15) is 0 Å². The van der Waals surface area contributed by atoms with Crippen LogP contribution in [0.4, 0.5) is 0 Å². The molecule has 22 heavy (non-hydrogen) atoms. The fourth-order valence-corrected chi connectivity index (χ4v) is 3.91. The van der Waals surface area contributed by atoms with E-state index in [-0.39, 0.29) is 0 Å². The van der Waals surface area contributed by atoms with Crippen molar-refractivity contribution in [3.05, 3.63) is 41.1 Å². The summed E-state index contributed by atoms with van der Waals surface area (Å²) in [6, 6.07) is 4.23. The van der Waals surface area contributed by atoms with Gasteiger partial charge in [0.05, 0.1) is 6.33 Å². The lowest BCUT2D eigenvalue weighted by molar-refractivity contribution is -0.133. The van der Waals surface area contributed by atoms with Gasteiger partial charge >= 0.3 is 0 Å². The maximum Gasteiger partial charge on any atom is 0.222 e. The van der Waals surface area contributed by atoms with E-state index < -0.39 is 0 Å². The van der Waals surface area contributed by atoms with Gasteiger partial charge in [0.15, 0.2) is 0 Å². The molecule has 1 aliphatic heterocycles. The van der Waals surface area contributed by atoms with Gasteiger partial charge in [-0.1, -0.05) is 6.07 Å². The van der Waals surface area contributed by atoms with Gasteiger partial charge in [0.2, 0.25) is 5.91 Å². The molecular formula is C17H23N3OS. The fourth-order valence-electron chi connectivity index (χ4n) is 3.16. The van der Waals surface area contributed by atoms with E-state index in [9.17, 15) is 4.79 Å². The van der Waals surface area contributed by atoms with Crippen molar-refractivity contribution in [1.29, 1.82) is 0 Å². The number of nitrogens with zero attached hydrogens (tertiary/aromatic N) is 3. The van der Waals surface area contributed by atoms with E-state index in [0.29, 0.717) is 18.2 Å². The number of piperidine rings is 1. The summed E-state index contributed by atoms with van der Waals surface area (Å²) in [5.74, 6) is 0.885. The minimum Gasteiger partial charge on any atom is -0.342 e. The number of thiophene rings is 1. The Hall–Kier alpha value is -1.62. The molecule has 1 amide bonds. The van der Waals surface area contributed by atoms with E-state index >= 15 is 0 Å². The van der Waals surface area contributed by atoms with E-state index in [4.69, 9.17) is 0 Å². The Kier molecular flexibility index (Phi) is 5.27. The van der Waals surface area contributed by atoms with Gasteiger partial charge in [0, 0.05) is 43.3 Å². The highest BCUT2D eigenvalue weighted by Gasteiger charge is 2.23.